The molecule has 9 heteroatoms. The van der Waals surface area contributed by atoms with Crippen LogP contribution in [0.4, 0.5) is 15.8 Å². The van der Waals surface area contributed by atoms with E-state index in [0.29, 0.717) is 29.1 Å². The lowest BCUT2D eigenvalue weighted by molar-refractivity contribution is -0.130. The van der Waals surface area contributed by atoms with Crippen molar-refractivity contribution in [1.29, 1.82) is 0 Å². The quantitative estimate of drug-likeness (QED) is 0.365. The number of nitrogens with zero attached hydrogens (tertiary/aromatic N) is 1. The van der Waals surface area contributed by atoms with Crippen molar-refractivity contribution < 1.29 is 23.5 Å². The summed E-state index contributed by atoms with van der Waals surface area (Å²) in [5, 5.41) is 7.18. The molecule has 0 bridgehead atoms. The Morgan fingerprint density at radius 3 is 2.58 bits per heavy atom. The molecule has 38 heavy (non-hydrogen) atoms. The summed E-state index contributed by atoms with van der Waals surface area (Å²) in [6, 6.07) is 17.9. The first-order chi connectivity index (χ1) is 18.4. The van der Waals surface area contributed by atoms with Gasteiger partial charge in [0.15, 0.2) is 0 Å². The maximum Gasteiger partial charge on any atom is 0.250 e. The standard InChI is InChI=1S/C29H23FN4O4/c1-38-18-9-7-17(8-10-18)34-26(35)24-23(12-15-14-31-21-5-3-2-4-19(15)21)33-29(25(24)27(34)36)20-13-16(30)6-11-22(20)32-28(29)37/h2-11,13-14,23-25,31,33H,12H2,1H3,(H,32,37)/t23-,24-,25+,29+/m1/s1. The Kier molecular flexibility index (Phi) is 4.77. The van der Waals surface area contributed by atoms with Crippen LogP contribution in [0.25, 0.3) is 10.9 Å². The number of H-pyrrole nitrogens is 1. The number of aromatic amines is 1. The number of amides is 3. The van der Waals surface area contributed by atoms with E-state index < -0.39 is 47.0 Å². The molecule has 8 nitrogen and oxygen atoms in total. The highest BCUT2D eigenvalue weighted by atomic mass is 19.1. The Balaban J connectivity index is 1.37. The molecule has 3 amide bonds. The van der Waals surface area contributed by atoms with Gasteiger partial charge in [0.2, 0.25) is 17.7 Å². The number of aromatic nitrogens is 1. The van der Waals surface area contributed by atoms with Crippen LogP contribution in [0.2, 0.25) is 0 Å². The number of nitrogens with one attached hydrogen (secondary N) is 3. The van der Waals surface area contributed by atoms with Crippen molar-refractivity contribution in [2.24, 2.45) is 11.8 Å². The lowest BCUT2D eigenvalue weighted by Crippen LogP contribution is -2.53. The van der Waals surface area contributed by atoms with Gasteiger partial charge in [0, 0.05) is 34.4 Å². The number of carbonyl (C=O) groups is 3. The Labute approximate surface area is 216 Å². The van der Waals surface area contributed by atoms with E-state index in [1.54, 1.807) is 24.3 Å². The Hall–Kier alpha value is -4.50. The number of hydrogen-bond donors (Lipinski definition) is 3. The van der Waals surface area contributed by atoms with E-state index in [1.807, 2.05) is 30.5 Å². The topological polar surface area (TPSA) is 104 Å². The molecule has 190 valence electrons. The second-order valence-corrected chi connectivity index (χ2v) is 9.98. The van der Waals surface area contributed by atoms with Crippen LogP contribution in [0.3, 0.4) is 0 Å². The summed E-state index contributed by atoms with van der Waals surface area (Å²) in [6.07, 6.45) is 2.28. The fraction of sp³-hybridized carbons (Fsp3) is 0.207. The SMILES string of the molecule is COc1ccc(N2C(=O)[C@H]3[C@@H](C2=O)[C@]2(N[C@@H]3Cc3c[nH]c4ccccc34)C(=O)Nc3ccc(F)cc32)cc1. The molecular weight excluding hydrogens is 487 g/mol. The number of halogens is 1. The molecule has 7 rings (SSSR count). The van der Waals surface area contributed by atoms with E-state index in [0.717, 1.165) is 21.4 Å². The molecule has 1 spiro atoms. The van der Waals surface area contributed by atoms with Gasteiger partial charge in [-0.3, -0.25) is 19.7 Å². The van der Waals surface area contributed by atoms with Gasteiger partial charge in [-0.15, -0.1) is 0 Å². The van der Waals surface area contributed by atoms with E-state index in [9.17, 15) is 18.8 Å². The number of rotatable bonds is 4. The van der Waals surface area contributed by atoms with Gasteiger partial charge in [-0.25, -0.2) is 9.29 Å². The predicted molar refractivity (Wildman–Crippen MR) is 138 cm³/mol. The van der Waals surface area contributed by atoms with Gasteiger partial charge in [0.1, 0.15) is 17.1 Å². The minimum absolute atomic E-state index is 0.344. The highest BCUT2D eigenvalue weighted by Crippen LogP contribution is 2.54. The van der Waals surface area contributed by atoms with Crippen molar-refractivity contribution in [3.8, 4) is 5.75 Å². The largest absolute Gasteiger partial charge is 0.497 e. The summed E-state index contributed by atoms with van der Waals surface area (Å²) >= 11 is 0. The molecule has 2 saturated heterocycles. The average molecular weight is 511 g/mol. The minimum Gasteiger partial charge on any atom is -0.497 e. The van der Waals surface area contributed by atoms with Crippen molar-refractivity contribution in [3.63, 3.8) is 0 Å². The summed E-state index contributed by atoms with van der Waals surface area (Å²) < 4.78 is 19.7. The van der Waals surface area contributed by atoms with Gasteiger partial charge in [0.05, 0.1) is 24.6 Å². The van der Waals surface area contributed by atoms with Gasteiger partial charge in [0.25, 0.3) is 0 Å². The molecule has 4 aromatic rings. The normalized spacial score (nSPS) is 25.8. The monoisotopic (exact) mass is 510 g/mol. The van der Waals surface area contributed by atoms with Crippen LogP contribution in [-0.4, -0.2) is 35.9 Å². The summed E-state index contributed by atoms with van der Waals surface area (Å²) in [7, 11) is 1.53. The summed E-state index contributed by atoms with van der Waals surface area (Å²) in [5.74, 6) is -3.17. The number of para-hydroxylation sites is 1. The molecule has 0 saturated carbocycles. The molecule has 3 aliphatic heterocycles. The number of hydrogen-bond acceptors (Lipinski definition) is 5. The summed E-state index contributed by atoms with van der Waals surface area (Å²) in [6.45, 7) is 0. The van der Waals surface area contributed by atoms with Crippen molar-refractivity contribution >= 4 is 40.0 Å². The van der Waals surface area contributed by atoms with Crippen molar-refractivity contribution in [1.82, 2.24) is 10.3 Å². The molecule has 1 aromatic heterocycles. The number of imide groups is 1. The van der Waals surface area contributed by atoms with Crippen LogP contribution < -0.4 is 20.3 Å². The number of methoxy groups -OCH3 is 1. The van der Waals surface area contributed by atoms with Crippen LogP contribution in [0.5, 0.6) is 5.75 Å². The molecule has 3 N–H and O–H groups in total. The number of anilines is 2. The third-order valence-electron chi connectivity index (χ3n) is 8.12. The van der Waals surface area contributed by atoms with E-state index in [2.05, 4.69) is 15.6 Å². The maximum absolute atomic E-state index is 14.5. The first-order valence-electron chi connectivity index (χ1n) is 12.4. The molecular formula is C29H23FN4O4. The highest BCUT2D eigenvalue weighted by Gasteiger charge is 2.70. The van der Waals surface area contributed by atoms with E-state index in [1.165, 1.54) is 25.3 Å². The van der Waals surface area contributed by atoms with Crippen molar-refractivity contribution in [2.45, 2.75) is 18.0 Å². The van der Waals surface area contributed by atoms with E-state index in [-0.39, 0.29) is 0 Å². The van der Waals surface area contributed by atoms with E-state index >= 15 is 0 Å². The summed E-state index contributed by atoms with van der Waals surface area (Å²) in [5.41, 5.74) is 1.50. The highest BCUT2D eigenvalue weighted by molar-refractivity contribution is 6.25. The maximum atomic E-state index is 14.5. The molecule has 4 atom stereocenters. The zero-order valence-corrected chi connectivity index (χ0v) is 20.3. The van der Waals surface area contributed by atoms with Crippen LogP contribution in [0.1, 0.15) is 11.1 Å². The number of benzene rings is 3. The number of ether oxygens (including phenoxy) is 1. The number of carbonyl (C=O) groups excluding carboxylic acids is 3. The van der Waals surface area contributed by atoms with E-state index in [4.69, 9.17) is 4.74 Å². The second kappa shape index (κ2) is 8.00. The molecule has 0 unspecified atom stereocenters. The average Bonchev–Trinajstić information content (AvgIpc) is 3.63. The first-order valence-corrected chi connectivity index (χ1v) is 12.4. The van der Waals surface area contributed by atoms with Crippen LogP contribution in [0, 0.1) is 17.7 Å². The summed E-state index contributed by atoms with van der Waals surface area (Å²) in [4.78, 5) is 46.1. The molecule has 0 radical (unpaired) electrons. The third-order valence-corrected chi connectivity index (χ3v) is 8.12. The molecule has 0 aliphatic carbocycles. The Morgan fingerprint density at radius 1 is 1.00 bits per heavy atom. The predicted octanol–water partition coefficient (Wildman–Crippen LogP) is 3.48. The van der Waals surface area contributed by atoms with Crippen molar-refractivity contribution in [2.75, 3.05) is 17.3 Å². The zero-order valence-electron chi connectivity index (χ0n) is 20.3. The minimum atomic E-state index is -1.58. The lowest BCUT2D eigenvalue weighted by Gasteiger charge is -2.29. The van der Waals surface area contributed by atoms with Crippen LogP contribution >= 0.6 is 0 Å². The Bertz CT molecular complexity index is 1650. The fourth-order valence-electron chi connectivity index (χ4n) is 6.47. The Morgan fingerprint density at radius 2 is 1.79 bits per heavy atom. The molecule has 3 aliphatic rings. The van der Waals surface area contributed by atoms with Crippen LogP contribution in [0.15, 0.2) is 72.9 Å². The molecule has 3 aromatic carbocycles. The lowest BCUT2D eigenvalue weighted by atomic mass is 9.76. The third kappa shape index (κ3) is 2.96. The van der Waals surface area contributed by atoms with Gasteiger partial charge < -0.3 is 15.0 Å². The second-order valence-electron chi connectivity index (χ2n) is 9.98. The van der Waals surface area contributed by atoms with Crippen LogP contribution in [-0.2, 0) is 26.3 Å². The molecule has 4 heterocycles. The fourth-order valence-corrected chi connectivity index (χ4v) is 6.47. The zero-order chi connectivity index (χ0) is 26.2. The molecule has 2 fully saturated rings. The first kappa shape index (κ1) is 22.7. The van der Waals surface area contributed by atoms with Crippen molar-refractivity contribution in [3.05, 3.63) is 89.9 Å². The van der Waals surface area contributed by atoms with Gasteiger partial charge in [-0.2, -0.15) is 0 Å². The van der Waals surface area contributed by atoms with Gasteiger partial charge >= 0.3 is 0 Å². The number of fused-ring (bicyclic) bond motifs is 5. The smallest absolute Gasteiger partial charge is 0.250 e. The van der Waals surface area contributed by atoms with Gasteiger partial charge in [-0.1, -0.05) is 18.2 Å². The van der Waals surface area contributed by atoms with Gasteiger partial charge in [-0.05, 0) is 60.5 Å².